The third-order valence-electron chi connectivity index (χ3n) is 4.32. The summed E-state index contributed by atoms with van der Waals surface area (Å²) in [6, 6.07) is 31.5. The first-order chi connectivity index (χ1) is 13.3. The molecular formula is C24H23O2P. The molecule has 3 aromatic carbocycles. The number of esters is 1. The maximum atomic E-state index is 11.8. The molecule has 0 aliphatic heterocycles. The zero-order valence-electron chi connectivity index (χ0n) is 15.4. The van der Waals surface area contributed by atoms with Crippen molar-refractivity contribution in [1.29, 1.82) is 0 Å². The fourth-order valence-corrected chi connectivity index (χ4v) is 6.82. The summed E-state index contributed by atoms with van der Waals surface area (Å²) >= 11 is 0. The zero-order chi connectivity index (χ0) is 19.0. The van der Waals surface area contributed by atoms with Crippen LogP contribution in [0.4, 0.5) is 0 Å². The molecule has 2 nitrogen and oxygen atoms in total. The van der Waals surface area contributed by atoms with Crippen LogP contribution in [0.15, 0.2) is 103 Å². The lowest BCUT2D eigenvalue weighted by Crippen LogP contribution is -2.26. The number of hydrogen-bond donors (Lipinski definition) is 0. The normalized spacial score (nSPS) is 11.3. The largest absolute Gasteiger partial charge is 0.463 e. The average Bonchev–Trinajstić information content (AvgIpc) is 2.73. The molecule has 0 aliphatic carbocycles. The van der Waals surface area contributed by atoms with E-state index in [-0.39, 0.29) is 5.97 Å². The molecule has 0 aromatic heterocycles. The van der Waals surface area contributed by atoms with Crippen molar-refractivity contribution in [2.75, 3.05) is 6.61 Å². The lowest BCUT2D eigenvalue weighted by molar-refractivity contribution is -0.137. The molecule has 0 heterocycles. The highest BCUT2D eigenvalue weighted by atomic mass is 31.2. The van der Waals surface area contributed by atoms with Crippen molar-refractivity contribution >= 4 is 34.6 Å². The minimum Gasteiger partial charge on any atom is -0.463 e. The van der Waals surface area contributed by atoms with Crippen molar-refractivity contribution in [3.8, 4) is 0 Å². The van der Waals surface area contributed by atoms with Crippen LogP contribution in [-0.4, -0.2) is 18.4 Å². The van der Waals surface area contributed by atoms with Gasteiger partial charge in [0.05, 0.1) is 6.61 Å². The second-order valence-electron chi connectivity index (χ2n) is 5.99. The van der Waals surface area contributed by atoms with Gasteiger partial charge in [-0.2, -0.15) is 0 Å². The Morgan fingerprint density at radius 3 is 1.56 bits per heavy atom. The Labute approximate surface area is 161 Å². The van der Waals surface area contributed by atoms with Gasteiger partial charge in [-0.3, -0.25) is 0 Å². The second-order valence-corrected chi connectivity index (χ2v) is 9.28. The van der Waals surface area contributed by atoms with E-state index < -0.39 is 6.89 Å². The molecule has 27 heavy (non-hydrogen) atoms. The Morgan fingerprint density at radius 1 is 0.778 bits per heavy atom. The summed E-state index contributed by atoms with van der Waals surface area (Å²) in [5.41, 5.74) is 0. The van der Waals surface area contributed by atoms with Gasteiger partial charge in [0.15, 0.2) is 0 Å². The van der Waals surface area contributed by atoms with E-state index in [0.29, 0.717) is 6.61 Å². The molecule has 0 saturated heterocycles. The van der Waals surface area contributed by atoms with E-state index in [9.17, 15) is 4.79 Å². The average molecular weight is 374 g/mol. The van der Waals surface area contributed by atoms with Crippen molar-refractivity contribution in [3.05, 3.63) is 103 Å². The number of hydrogen-bond acceptors (Lipinski definition) is 2. The molecule has 3 heteroatoms. The highest BCUT2D eigenvalue weighted by Crippen LogP contribution is 2.43. The van der Waals surface area contributed by atoms with E-state index in [4.69, 9.17) is 4.74 Å². The summed E-state index contributed by atoms with van der Waals surface area (Å²) in [4.78, 5) is 11.8. The van der Waals surface area contributed by atoms with Crippen LogP contribution in [0, 0.1) is 0 Å². The van der Waals surface area contributed by atoms with E-state index in [1.807, 2.05) is 31.2 Å². The molecule has 0 radical (unpaired) electrons. The third-order valence-corrected chi connectivity index (χ3v) is 8.28. The number of carbonyl (C=O) groups is 1. The van der Waals surface area contributed by atoms with Crippen LogP contribution in [0.5, 0.6) is 0 Å². The standard InChI is InChI=1S/C24H23O2P/c1-2-26-24(25)19-12-20-27(21-13-6-3-7-14-21,22-15-8-4-9-16-22)23-17-10-5-11-18-23/h3-20H,2H2,1H3. The molecule has 0 amide bonds. The summed E-state index contributed by atoms with van der Waals surface area (Å²) in [5, 5.41) is 3.74. The first-order valence-corrected chi connectivity index (χ1v) is 10.9. The summed E-state index contributed by atoms with van der Waals surface area (Å²) in [7, 11) is 0. The van der Waals surface area contributed by atoms with Crippen LogP contribution >= 0.6 is 6.89 Å². The van der Waals surface area contributed by atoms with Gasteiger partial charge in [-0.1, -0.05) is 103 Å². The van der Waals surface area contributed by atoms with E-state index >= 15 is 0 Å². The molecule has 0 atom stereocenters. The lowest BCUT2D eigenvalue weighted by atomic mass is 10.4. The first kappa shape index (κ1) is 18.9. The summed E-state index contributed by atoms with van der Waals surface area (Å²) in [6.45, 7) is 0.137. The quantitative estimate of drug-likeness (QED) is 0.372. The molecule has 0 unspecified atom stereocenters. The Hall–Kier alpha value is -2.83. The van der Waals surface area contributed by atoms with Crippen molar-refractivity contribution in [3.63, 3.8) is 0 Å². The zero-order valence-corrected chi connectivity index (χ0v) is 16.3. The molecule has 0 fully saturated rings. The van der Waals surface area contributed by atoms with Gasteiger partial charge in [-0.05, 0) is 29.7 Å². The molecule has 136 valence electrons. The molecule has 0 N–H and O–H groups in total. The Bertz CT molecular complexity index is 842. The fourth-order valence-electron chi connectivity index (χ4n) is 3.14. The van der Waals surface area contributed by atoms with Crippen LogP contribution < -0.4 is 15.9 Å². The highest BCUT2D eigenvalue weighted by Gasteiger charge is 2.23. The van der Waals surface area contributed by atoms with Crippen molar-refractivity contribution in [2.45, 2.75) is 6.92 Å². The number of ether oxygens (including phenoxy) is 1. The van der Waals surface area contributed by atoms with Gasteiger partial charge < -0.3 is 4.74 Å². The molecule has 0 saturated carbocycles. The van der Waals surface area contributed by atoms with Crippen molar-refractivity contribution < 1.29 is 9.53 Å². The fraction of sp³-hybridized carbons (Fsp3) is 0.0833. The summed E-state index contributed by atoms with van der Waals surface area (Å²) in [5.74, 6) is 1.87. The van der Waals surface area contributed by atoms with Gasteiger partial charge >= 0.3 is 5.97 Å². The maximum Gasteiger partial charge on any atom is 0.330 e. The van der Waals surface area contributed by atoms with Crippen molar-refractivity contribution in [1.82, 2.24) is 0 Å². The van der Waals surface area contributed by atoms with E-state index in [2.05, 4.69) is 78.6 Å². The molecule has 0 spiro atoms. The lowest BCUT2D eigenvalue weighted by Gasteiger charge is -2.28. The predicted octanol–water partition coefficient (Wildman–Crippen LogP) is 3.90. The molecular weight excluding hydrogens is 351 g/mol. The van der Waals surface area contributed by atoms with Gasteiger partial charge in [0, 0.05) is 6.08 Å². The van der Waals surface area contributed by atoms with E-state index in [1.54, 1.807) is 0 Å². The molecule has 0 bridgehead atoms. The second kappa shape index (κ2) is 9.21. The summed E-state index contributed by atoms with van der Waals surface area (Å²) in [6.07, 6.45) is 3.35. The van der Waals surface area contributed by atoms with Crippen LogP contribution in [-0.2, 0) is 9.53 Å². The number of benzene rings is 3. The van der Waals surface area contributed by atoms with Gasteiger partial charge in [-0.15, -0.1) is 0 Å². The Balaban J connectivity index is 2.28. The third kappa shape index (κ3) is 4.30. The number of allylic oxidation sites excluding steroid dienone is 1. The SMILES string of the molecule is CCOC(=O)C=CC=P(c1ccccc1)(c1ccccc1)c1ccccc1. The summed E-state index contributed by atoms with van der Waals surface area (Å²) < 4.78 is 5.04. The Kier molecular flexibility index (Phi) is 6.46. The molecule has 0 aliphatic rings. The predicted molar refractivity (Wildman–Crippen MR) is 117 cm³/mol. The van der Waals surface area contributed by atoms with Gasteiger partial charge in [0.1, 0.15) is 0 Å². The molecule has 3 rings (SSSR count). The number of carbonyl (C=O) groups excluding carboxylic acids is 1. The monoisotopic (exact) mass is 374 g/mol. The number of rotatable bonds is 6. The van der Waals surface area contributed by atoms with Gasteiger partial charge in [0.2, 0.25) is 0 Å². The topological polar surface area (TPSA) is 26.3 Å². The van der Waals surface area contributed by atoms with Gasteiger partial charge in [-0.25, -0.2) is 4.79 Å². The molecule has 3 aromatic rings. The van der Waals surface area contributed by atoms with Gasteiger partial charge in [0.25, 0.3) is 0 Å². The minimum atomic E-state index is -2.05. The Morgan fingerprint density at radius 2 is 1.19 bits per heavy atom. The van der Waals surface area contributed by atoms with E-state index in [0.717, 1.165) is 0 Å². The van der Waals surface area contributed by atoms with Crippen LogP contribution in [0.1, 0.15) is 6.92 Å². The van der Waals surface area contributed by atoms with Crippen molar-refractivity contribution in [2.24, 2.45) is 0 Å². The minimum absolute atomic E-state index is 0.318. The van der Waals surface area contributed by atoms with Crippen LogP contribution in [0.25, 0.3) is 0 Å². The van der Waals surface area contributed by atoms with Crippen LogP contribution in [0.2, 0.25) is 0 Å². The highest BCUT2D eigenvalue weighted by molar-refractivity contribution is 7.94. The van der Waals surface area contributed by atoms with E-state index in [1.165, 1.54) is 22.0 Å². The van der Waals surface area contributed by atoms with Crippen LogP contribution in [0.3, 0.4) is 0 Å². The first-order valence-electron chi connectivity index (χ1n) is 9.02. The smallest absolute Gasteiger partial charge is 0.330 e. The maximum absolute atomic E-state index is 11.8.